The third kappa shape index (κ3) is 11.7. The van der Waals surface area contributed by atoms with Crippen molar-refractivity contribution in [3.05, 3.63) is 103 Å². The molecule has 4 aromatic carbocycles. The largest absolute Gasteiger partial charge is 0.456 e. The molecule has 3 saturated carbocycles. The molecule has 0 aromatic heterocycles. The van der Waals surface area contributed by atoms with Gasteiger partial charge in [-0.25, -0.2) is 0 Å². The number of nitrogens with two attached hydrogens (primary N) is 2. The van der Waals surface area contributed by atoms with E-state index in [9.17, 15) is 105 Å². The van der Waals surface area contributed by atoms with Crippen LogP contribution >= 0.6 is 0 Å². The van der Waals surface area contributed by atoms with E-state index in [1.165, 1.54) is 0 Å². The summed E-state index contributed by atoms with van der Waals surface area (Å²) in [6, 6.07) is 5.27. The number of halogens is 24. The van der Waals surface area contributed by atoms with Crippen molar-refractivity contribution in [2.75, 3.05) is 11.5 Å². The van der Waals surface area contributed by atoms with Gasteiger partial charge in [-0.2, -0.15) is 105 Å². The maximum Gasteiger partial charge on any atom is 0.420 e. The van der Waals surface area contributed by atoms with Gasteiger partial charge in [0.25, 0.3) is 0 Å². The molecule has 0 heterocycles. The van der Waals surface area contributed by atoms with Crippen molar-refractivity contribution in [1.29, 1.82) is 0 Å². The Hall–Kier alpha value is -5.60. The Morgan fingerprint density at radius 2 is 0.577 bits per heavy atom. The maximum atomic E-state index is 14.8. The second-order valence-electron chi connectivity index (χ2n) is 19.5. The molecule has 0 bridgehead atoms. The zero-order chi connectivity index (χ0) is 58.3. The minimum Gasteiger partial charge on any atom is -0.456 e. The molecule has 3 fully saturated rings. The van der Waals surface area contributed by atoms with Gasteiger partial charge in [0, 0.05) is 5.41 Å². The van der Waals surface area contributed by atoms with Gasteiger partial charge in [-0.05, 0) is 96.9 Å². The molecule has 0 aliphatic heterocycles. The monoisotopic (exact) mass is 1160 g/mol. The fourth-order valence-electron chi connectivity index (χ4n) is 11.6. The van der Waals surface area contributed by atoms with E-state index >= 15 is 0 Å². The van der Waals surface area contributed by atoms with Crippen molar-refractivity contribution in [2.45, 2.75) is 163 Å². The first-order chi connectivity index (χ1) is 35.6. The molecule has 432 valence electrons. The second-order valence-corrected chi connectivity index (χ2v) is 19.5. The van der Waals surface area contributed by atoms with Crippen LogP contribution < -0.4 is 20.9 Å². The van der Waals surface area contributed by atoms with Crippen LogP contribution in [-0.2, 0) is 54.8 Å². The van der Waals surface area contributed by atoms with Crippen LogP contribution in [0.25, 0.3) is 0 Å². The predicted molar refractivity (Wildman–Crippen MR) is 230 cm³/mol. The first-order valence-corrected chi connectivity index (χ1v) is 23.8. The summed E-state index contributed by atoms with van der Waals surface area (Å²) in [4.78, 5) is 0. The van der Waals surface area contributed by atoms with Crippen molar-refractivity contribution in [3.63, 3.8) is 0 Å². The van der Waals surface area contributed by atoms with E-state index in [1.54, 1.807) is 0 Å². The molecule has 0 saturated heterocycles. The molecule has 0 radical (unpaired) electrons. The highest BCUT2D eigenvalue weighted by Crippen LogP contribution is 2.61. The summed E-state index contributed by atoms with van der Waals surface area (Å²) in [6.45, 7) is 0. The molecule has 0 amide bonds. The Kier molecular flexibility index (Phi) is 15.8. The van der Waals surface area contributed by atoms with Gasteiger partial charge >= 0.3 is 49.4 Å². The fourth-order valence-corrected chi connectivity index (χ4v) is 11.6. The van der Waals surface area contributed by atoms with E-state index in [4.69, 9.17) is 20.9 Å². The molecule has 28 heteroatoms. The first-order valence-electron chi connectivity index (χ1n) is 23.8. The van der Waals surface area contributed by atoms with Crippen molar-refractivity contribution in [2.24, 2.45) is 0 Å². The van der Waals surface area contributed by atoms with Crippen LogP contribution in [0.4, 0.5) is 117 Å². The minimum atomic E-state index is -6.53. The average molecular weight is 1160 g/mol. The highest BCUT2D eigenvalue weighted by molar-refractivity contribution is 5.72. The van der Waals surface area contributed by atoms with Crippen molar-refractivity contribution in [1.82, 2.24) is 0 Å². The summed E-state index contributed by atoms with van der Waals surface area (Å²) in [5.74, 6) is -9.57. The van der Waals surface area contributed by atoms with Crippen LogP contribution in [0.5, 0.6) is 23.0 Å². The molecule has 4 nitrogen and oxygen atoms in total. The van der Waals surface area contributed by atoms with E-state index in [0.717, 1.165) is 24.3 Å². The average Bonchev–Trinajstić information content (AvgIpc) is 3.31. The lowest BCUT2D eigenvalue weighted by Crippen LogP contribution is -2.34. The molecule has 0 spiro atoms. The molecule has 3 aliphatic carbocycles. The minimum absolute atomic E-state index is 0.0551. The van der Waals surface area contributed by atoms with Gasteiger partial charge in [0.2, 0.25) is 0 Å². The molecule has 3 aliphatic rings. The molecule has 4 aromatic rings. The van der Waals surface area contributed by atoms with Crippen LogP contribution in [0.15, 0.2) is 36.4 Å². The van der Waals surface area contributed by atoms with Gasteiger partial charge in [-0.3, -0.25) is 0 Å². The molecule has 0 atom stereocenters. The van der Waals surface area contributed by atoms with Crippen LogP contribution in [0, 0.1) is 0 Å². The van der Waals surface area contributed by atoms with Gasteiger partial charge < -0.3 is 20.9 Å². The summed E-state index contributed by atoms with van der Waals surface area (Å²) in [6.07, 6.45) is -47.0. The molecule has 78 heavy (non-hydrogen) atoms. The van der Waals surface area contributed by atoms with Crippen LogP contribution in [0.1, 0.15) is 175 Å². The number of hydrogen-bond acceptors (Lipinski definition) is 4. The van der Waals surface area contributed by atoms with Crippen LogP contribution in [-0.4, -0.2) is 0 Å². The van der Waals surface area contributed by atoms with Crippen LogP contribution in [0.3, 0.4) is 0 Å². The van der Waals surface area contributed by atoms with Gasteiger partial charge in [-0.1, -0.05) is 69.9 Å². The van der Waals surface area contributed by atoms with Gasteiger partial charge in [0.15, 0.2) is 11.5 Å². The summed E-state index contributed by atoms with van der Waals surface area (Å²) in [5, 5.41) is 0. The smallest absolute Gasteiger partial charge is 0.420 e. The second kappa shape index (κ2) is 20.5. The molecule has 7 rings (SSSR count). The Bertz CT molecular complexity index is 2570. The summed E-state index contributed by atoms with van der Waals surface area (Å²) >= 11 is 0. The molecular formula is C50H42F24N2O2. The van der Waals surface area contributed by atoms with E-state index in [-0.39, 0.29) is 60.8 Å². The normalized spacial score (nSPS) is 18.1. The molecule has 4 N–H and O–H groups in total. The van der Waals surface area contributed by atoms with E-state index in [0.29, 0.717) is 69.9 Å². The predicted octanol–water partition coefficient (Wildman–Crippen LogP) is 19.9. The third-order valence-corrected chi connectivity index (χ3v) is 14.6. The van der Waals surface area contributed by atoms with Crippen molar-refractivity contribution in [3.8, 4) is 23.0 Å². The number of rotatable bonds is 8. The van der Waals surface area contributed by atoms with Gasteiger partial charge in [0.05, 0.1) is 33.6 Å². The maximum absolute atomic E-state index is 14.8. The fraction of sp³-hybridized carbons (Fsp3) is 0.520. The molecular weight excluding hydrogens is 1120 g/mol. The topological polar surface area (TPSA) is 70.5 Å². The van der Waals surface area contributed by atoms with Crippen molar-refractivity contribution < 1.29 is 115 Å². The number of hydrogen-bond donors (Lipinski definition) is 2. The summed E-state index contributed by atoms with van der Waals surface area (Å²) in [7, 11) is 0. The third-order valence-electron chi connectivity index (χ3n) is 14.6. The highest BCUT2D eigenvalue weighted by atomic mass is 19.4. The number of ether oxygens (including phenoxy) is 2. The Labute approximate surface area is 426 Å². The lowest BCUT2D eigenvalue weighted by atomic mass is 9.60. The standard InChI is InChI=1S/C50H42F24N2O2/c51-43(52,53)30-34(47(63,64)65)40(35(48(66,67)68)31(38(30)75)44(54,55)56)77-24-14-16-28(26(20-24)22-10-4-1-5-11-22)42(18-8-3-9-19-42)29-17-15-25(21-27(29)23-12-6-2-7-13-23)78-41-36(49(69,70)71)32(45(57,58)59)39(76)33(46(60,61)62)37(41)50(72,73)74/h14-17,20-23H,1-13,18-19,75-76H2. The lowest BCUT2D eigenvalue weighted by Gasteiger charge is -2.43. The van der Waals surface area contributed by atoms with E-state index < -0.39 is 146 Å². The van der Waals surface area contributed by atoms with E-state index in [2.05, 4.69) is 0 Å². The Morgan fingerprint density at radius 1 is 0.333 bits per heavy atom. The number of anilines is 2. The zero-order valence-corrected chi connectivity index (χ0v) is 39.8. The quantitative estimate of drug-likeness (QED) is 0.136. The SMILES string of the molecule is Nc1c(C(F)(F)F)c(C(F)(F)F)c(Oc2ccc(C3(c4ccc(Oc5c(C(F)(F)F)c(C(F)(F)F)c(N)c(C(F)(F)F)c5C(F)(F)F)cc4C4CCCCC4)CCCCC3)c(C3CCCCC3)c2)c(C(F)(F)F)c1C(F)(F)F. The van der Waals surface area contributed by atoms with Gasteiger partial charge in [0.1, 0.15) is 33.8 Å². The summed E-state index contributed by atoms with van der Waals surface area (Å²) < 4.78 is 360. The Morgan fingerprint density at radius 3 is 0.821 bits per heavy atom. The summed E-state index contributed by atoms with van der Waals surface area (Å²) in [5.41, 5.74) is -23.7. The number of benzene rings is 4. The van der Waals surface area contributed by atoms with Crippen LogP contribution in [0.2, 0.25) is 0 Å². The Balaban J connectivity index is 1.52. The van der Waals surface area contributed by atoms with Gasteiger partial charge in [-0.15, -0.1) is 0 Å². The van der Waals surface area contributed by atoms with Crippen molar-refractivity contribution >= 4 is 11.4 Å². The first kappa shape index (κ1) is 60.0. The number of nitrogen functional groups attached to an aromatic ring is 2. The van der Waals surface area contributed by atoms with E-state index in [1.807, 2.05) is 0 Å². The molecule has 0 unspecified atom stereocenters. The highest BCUT2D eigenvalue weighted by Gasteiger charge is 2.59. The lowest BCUT2D eigenvalue weighted by molar-refractivity contribution is -0.171. The number of alkyl halides is 24. The zero-order valence-electron chi connectivity index (χ0n) is 39.8.